The fraction of sp³-hybridized carbons (Fsp3) is 0.458. The van der Waals surface area contributed by atoms with Crippen LogP contribution >= 0.6 is 0 Å². The van der Waals surface area contributed by atoms with Crippen LogP contribution in [0.4, 0.5) is 0 Å². The molecule has 2 aliphatic heterocycles. The van der Waals surface area contributed by atoms with Crippen molar-refractivity contribution in [1.82, 2.24) is 10.2 Å². The SMILES string of the molecule is O=C(c1ccc2c(c1)Cc1cccc(c1)CNCCOCCO2)N1CCCC(O)C1. The molecule has 160 valence electrons. The van der Waals surface area contributed by atoms with Gasteiger partial charge in [-0.25, -0.2) is 0 Å². The highest BCUT2D eigenvalue weighted by molar-refractivity contribution is 5.94. The number of amides is 1. The molecule has 0 radical (unpaired) electrons. The molecular weight excluding hydrogens is 380 g/mol. The maximum absolute atomic E-state index is 13.0. The van der Waals surface area contributed by atoms with Gasteiger partial charge in [0.1, 0.15) is 12.4 Å². The fourth-order valence-corrected chi connectivity index (χ4v) is 4.07. The highest BCUT2D eigenvalue weighted by Crippen LogP contribution is 2.25. The number of benzene rings is 2. The molecule has 0 aromatic heterocycles. The summed E-state index contributed by atoms with van der Waals surface area (Å²) in [6.07, 6.45) is 1.85. The number of ether oxygens (including phenoxy) is 2. The quantitative estimate of drug-likeness (QED) is 0.755. The molecule has 2 aromatic carbocycles. The number of aliphatic hydroxyl groups is 1. The van der Waals surface area contributed by atoms with Crippen LogP contribution in [0.1, 0.15) is 39.9 Å². The van der Waals surface area contributed by atoms with E-state index in [1.165, 1.54) is 11.1 Å². The first-order valence-corrected chi connectivity index (χ1v) is 10.8. The lowest BCUT2D eigenvalue weighted by Gasteiger charge is -2.30. The average molecular weight is 411 g/mol. The van der Waals surface area contributed by atoms with Crippen molar-refractivity contribution >= 4 is 5.91 Å². The Hall–Kier alpha value is -2.41. The van der Waals surface area contributed by atoms with E-state index in [4.69, 9.17) is 9.47 Å². The van der Waals surface area contributed by atoms with E-state index in [1.807, 2.05) is 18.2 Å². The predicted molar refractivity (Wildman–Crippen MR) is 115 cm³/mol. The van der Waals surface area contributed by atoms with Crippen molar-refractivity contribution in [2.75, 3.05) is 39.5 Å². The second kappa shape index (κ2) is 10.1. The summed E-state index contributed by atoms with van der Waals surface area (Å²) in [7, 11) is 0. The van der Waals surface area contributed by atoms with Crippen molar-refractivity contribution in [3.63, 3.8) is 0 Å². The van der Waals surface area contributed by atoms with Crippen LogP contribution in [0.2, 0.25) is 0 Å². The number of nitrogens with zero attached hydrogens (tertiary/aromatic N) is 1. The zero-order valence-electron chi connectivity index (χ0n) is 17.3. The second-order valence-electron chi connectivity index (χ2n) is 8.00. The summed E-state index contributed by atoms with van der Waals surface area (Å²) in [5.74, 6) is 0.756. The van der Waals surface area contributed by atoms with Gasteiger partial charge in [-0.05, 0) is 47.7 Å². The lowest BCUT2D eigenvalue weighted by Crippen LogP contribution is -2.42. The van der Waals surface area contributed by atoms with E-state index in [0.29, 0.717) is 44.9 Å². The molecule has 2 bridgehead atoms. The summed E-state index contributed by atoms with van der Waals surface area (Å²) in [5, 5.41) is 13.3. The van der Waals surface area contributed by atoms with Gasteiger partial charge >= 0.3 is 0 Å². The minimum absolute atomic E-state index is 0.0303. The Bertz CT molecular complexity index is 870. The van der Waals surface area contributed by atoms with Crippen LogP contribution in [0, 0.1) is 0 Å². The zero-order valence-corrected chi connectivity index (χ0v) is 17.3. The van der Waals surface area contributed by atoms with Crippen LogP contribution in [0.3, 0.4) is 0 Å². The maximum atomic E-state index is 13.0. The van der Waals surface area contributed by atoms with Crippen molar-refractivity contribution in [1.29, 1.82) is 0 Å². The van der Waals surface area contributed by atoms with E-state index < -0.39 is 6.10 Å². The number of aliphatic hydroxyl groups excluding tert-OH is 1. The fourth-order valence-electron chi connectivity index (χ4n) is 4.07. The van der Waals surface area contributed by atoms with Crippen LogP contribution in [-0.4, -0.2) is 61.5 Å². The zero-order chi connectivity index (χ0) is 20.8. The minimum Gasteiger partial charge on any atom is -0.491 e. The number of carbonyl (C=O) groups is 1. The second-order valence-corrected chi connectivity index (χ2v) is 8.00. The molecule has 1 saturated heterocycles. The van der Waals surface area contributed by atoms with Gasteiger partial charge in [0.2, 0.25) is 0 Å². The number of nitrogens with one attached hydrogen (secondary N) is 1. The number of piperidine rings is 1. The van der Waals surface area contributed by atoms with Crippen LogP contribution in [0.5, 0.6) is 5.75 Å². The summed E-state index contributed by atoms with van der Waals surface area (Å²) >= 11 is 0. The summed E-state index contributed by atoms with van der Waals surface area (Å²) in [4.78, 5) is 14.8. The Morgan fingerprint density at radius 2 is 2.00 bits per heavy atom. The first kappa shape index (κ1) is 20.8. The molecule has 2 heterocycles. The van der Waals surface area contributed by atoms with Gasteiger partial charge in [-0.2, -0.15) is 0 Å². The predicted octanol–water partition coefficient (Wildman–Crippen LogP) is 2.37. The molecule has 6 heteroatoms. The molecule has 1 amide bonds. The van der Waals surface area contributed by atoms with Crippen LogP contribution in [0.25, 0.3) is 0 Å². The molecule has 30 heavy (non-hydrogen) atoms. The van der Waals surface area contributed by atoms with Gasteiger partial charge in [-0.3, -0.25) is 4.79 Å². The highest BCUT2D eigenvalue weighted by atomic mass is 16.5. The van der Waals surface area contributed by atoms with Gasteiger partial charge in [0.05, 0.1) is 19.3 Å². The smallest absolute Gasteiger partial charge is 0.253 e. The maximum Gasteiger partial charge on any atom is 0.253 e. The van der Waals surface area contributed by atoms with Gasteiger partial charge in [0.25, 0.3) is 5.91 Å². The first-order chi connectivity index (χ1) is 14.7. The van der Waals surface area contributed by atoms with E-state index in [9.17, 15) is 9.90 Å². The highest BCUT2D eigenvalue weighted by Gasteiger charge is 2.23. The van der Waals surface area contributed by atoms with E-state index >= 15 is 0 Å². The minimum atomic E-state index is -0.431. The largest absolute Gasteiger partial charge is 0.491 e. The van der Waals surface area contributed by atoms with Gasteiger partial charge in [-0.1, -0.05) is 24.3 Å². The van der Waals surface area contributed by atoms with Crippen LogP contribution < -0.4 is 10.1 Å². The summed E-state index contributed by atoms with van der Waals surface area (Å²) in [6.45, 7) is 4.34. The molecule has 0 spiro atoms. The molecule has 6 nitrogen and oxygen atoms in total. The van der Waals surface area contributed by atoms with E-state index in [2.05, 4.69) is 29.6 Å². The van der Waals surface area contributed by atoms with E-state index in [-0.39, 0.29) is 5.91 Å². The number of fused-ring (bicyclic) bond motifs is 3. The van der Waals surface area contributed by atoms with Crippen molar-refractivity contribution in [2.24, 2.45) is 0 Å². The Balaban J connectivity index is 1.60. The van der Waals surface area contributed by atoms with Crippen molar-refractivity contribution in [2.45, 2.75) is 31.9 Å². The van der Waals surface area contributed by atoms with E-state index in [1.54, 1.807) is 4.90 Å². The average Bonchev–Trinajstić information content (AvgIpc) is 2.75. The third kappa shape index (κ3) is 5.39. The first-order valence-electron chi connectivity index (χ1n) is 10.8. The number of β-amino-alcohol motifs (C(OH)–C–C–N with tert-alkyl or cyclic N) is 1. The monoisotopic (exact) mass is 410 g/mol. The summed E-state index contributed by atoms with van der Waals surface area (Å²) in [5.41, 5.74) is 4.04. The standard InChI is InChI=1S/C24H30N2O4/c27-22-5-2-9-26(17-22)24(28)20-6-7-23-21(15-20)14-18-3-1-4-19(13-18)16-25-8-10-29-11-12-30-23/h1,3-4,6-7,13,15,22,25,27H,2,5,8-12,14,16-17H2. The van der Waals surface area contributed by atoms with Gasteiger partial charge in [0, 0.05) is 38.2 Å². The molecule has 2 N–H and O–H groups in total. The normalized spacial score (nSPS) is 20.6. The molecule has 2 aromatic rings. The van der Waals surface area contributed by atoms with Crippen molar-refractivity contribution < 1.29 is 19.4 Å². The van der Waals surface area contributed by atoms with Crippen molar-refractivity contribution in [3.8, 4) is 5.75 Å². The lowest BCUT2D eigenvalue weighted by molar-refractivity contribution is 0.0473. The van der Waals surface area contributed by atoms with E-state index in [0.717, 1.165) is 37.2 Å². The number of hydrogen-bond acceptors (Lipinski definition) is 5. The topological polar surface area (TPSA) is 71.0 Å². The molecule has 0 aliphatic carbocycles. The number of carbonyl (C=O) groups excluding carboxylic acids is 1. The summed E-state index contributed by atoms with van der Waals surface area (Å²) in [6, 6.07) is 14.1. The molecule has 0 saturated carbocycles. The van der Waals surface area contributed by atoms with Gasteiger partial charge in [0.15, 0.2) is 0 Å². The molecule has 1 atom stereocenters. The summed E-state index contributed by atoms with van der Waals surface area (Å²) < 4.78 is 11.6. The van der Waals surface area contributed by atoms with Gasteiger partial charge in [-0.15, -0.1) is 0 Å². The number of likely N-dealkylation sites (tertiary alicyclic amines) is 1. The number of rotatable bonds is 1. The molecule has 2 aliphatic rings. The van der Waals surface area contributed by atoms with Gasteiger partial charge < -0.3 is 24.8 Å². The molecule has 1 fully saturated rings. The lowest BCUT2D eigenvalue weighted by atomic mass is 9.99. The number of hydrogen-bond donors (Lipinski definition) is 2. The van der Waals surface area contributed by atoms with Crippen LogP contribution in [-0.2, 0) is 17.7 Å². The molecule has 4 rings (SSSR count). The molecule has 1 unspecified atom stereocenters. The Morgan fingerprint density at radius 1 is 1.10 bits per heavy atom. The van der Waals surface area contributed by atoms with Crippen molar-refractivity contribution in [3.05, 3.63) is 64.7 Å². The Kier molecular flexibility index (Phi) is 7.00. The Morgan fingerprint density at radius 3 is 2.90 bits per heavy atom. The Labute approximate surface area is 177 Å². The third-order valence-corrected chi connectivity index (χ3v) is 5.61. The van der Waals surface area contributed by atoms with Crippen LogP contribution in [0.15, 0.2) is 42.5 Å². The molecular formula is C24H30N2O4. The third-order valence-electron chi connectivity index (χ3n) is 5.61.